The van der Waals surface area contributed by atoms with Crippen molar-refractivity contribution >= 4 is 15.9 Å². The van der Waals surface area contributed by atoms with Crippen LogP contribution in [0.5, 0.6) is 5.75 Å². The van der Waals surface area contributed by atoms with Crippen LogP contribution in [0.25, 0.3) is 0 Å². The lowest BCUT2D eigenvalue weighted by Gasteiger charge is -2.09. The Balaban J connectivity index is 2.54. The van der Waals surface area contributed by atoms with Crippen molar-refractivity contribution < 1.29 is 9.84 Å². The van der Waals surface area contributed by atoms with Crippen LogP contribution < -0.4 is 4.74 Å². The summed E-state index contributed by atoms with van der Waals surface area (Å²) in [4.78, 5) is 0. The number of rotatable bonds is 5. The SMILES string of the molecule is CC(C)CCOc1ccc(Br)c(CO)c1. The van der Waals surface area contributed by atoms with Crippen LogP contribution in [0.2, 0.25) is 0 Å². The van der Waals surface area contributed by atoms with Crippen LogP contribution >= 0.6 is 15.9 Å². The van der Waals surface area contributed by atoms with Gasteiger partial charge in [0.05, 0.1) is 13.2 Å². The van der Waals surface area contributed by atoms with Gasteiger partial charge in [0, 0.05) is 4.47 Å². The lowest BCUT2D eigenvalue weighted by Crippen LogP contribution is -2.01. The quantitative estimate of drug-likeness (QED) is 0.891. The number of aliphatic hydroxyl groups is 1. The Morgan fingerprint density at radius 2 is 2.13 bits per heavy atom. The highest BCUT2D eigenvalue weighted by Crippen LogP contribution is 2.22. The van der Waals surface area contributed by atoms with Gasteiger partial charge in [-0.3, -0.25) is 0 Å². The first-order chi connectivity index (χ1) is 7.13. The fourth-order valence-corrected chi connectivity index (χ4v) is 1.55. The molecule has 0 aliphatic carbocycles. The predicted octanol–water partition coefficient (Wildman–Crippen LogP) is 3.37. The van der Waals surface area contributed by atoms with Gasteiger partial charge >= 0.3 is 0 Å². The molecule has 2 nitrogen and oxygen atoms in total. The Labute approximate surface area is 99.4 Å². The van der Waals surface area contributed by atoms with Crippen molar-refractivity contribution in [3.05, 3.63) is 28.2 Å². The Hall–Kier alpha value is -0.540. The van der Waals surface area contributed by atoms with E-state index in [1.54, 1.807) is 0 Å². The Morgan fingerprint density at radius 3 is 2.73 bits per heavy atom. The van der Waals surface area contributed by atoms with E-state index in [0.29, 0.717) is 5.92 Å². The summed E-state index contributed by atoms with van der Waals surface area (Å²) in [6, 6.07) is 5.67. The maximum Gasteiger partial charge on any atom is 0.119 e. The van der Waals surface area contributed by atoms with E-state index in [-0.39, 0.29) is 6.61 Å². The second-order valence-electron chi connectivity index (χ2n) is 3.94. The molecule has 0 unspecified atom stereocenters. The van der Waals surface area contributed by atoms with E-state index in [4.69, 9.17) is 9.84 Å². The fourth-order valence-electron chi connectivity index (χ4n) is 1.17. The van der Waals surface area contributed by atoms with E-state index in [1.165, 1.54) is 0 Å². The highest BCUT2D eigenvalue weighted by molar-refractivity contribution is 9.10. The van der Waals surface area contributed by atoms with E-state index >= 15 is 0 Å². The molecule has 0 spiro atoms. The van der Waals surface area contributed by atoms with Gasteiger partial charge < -0.3 is 9.84 Å². The minimum Gasteiger partial charge on any atom is -0.494 e. The Morgan fingerprint density at radius 1 is 1.40 bits per heavy atom. The normalized spacial score (nSPS) is 10.7. The van der Waals surface area contributed by atoms with Gasteiger partial charge in [-0.25, -0.2) is 0 Å². The Kier molecular flexibility index (Phi) is 5.12. The first kappa shape index (κ1) is 12.5. The molecule has 0 fully saturated rings. The highest BCUT2D eigenvalue weighted by Gasteiger charge is 2.01. The average Bonchev–Trinajstić information content (AvgIpc) is 2.20. The van der Waals surface area contributed by atoms with Crippen molar-refractivity contribution in [2.45, 2.75) is 26.9 Å². The number of hydrogen-bond donors (Lipinski definition) is 1. The lowest BCUT2D eigenvalue weighted by molar-refractivity contribution is 0.274. The molecular formula is C12H17BrO2. The summed E-state index contributed by atoms with van der Waals surface area (Å²) in [5.74, 6) is 1.47. The molecule has 1 N–H and O–H groups in total. The first-order valence-corrected chi connectivity index (χ1v) is 5.95. The Bertz CT molecular complexity index is 310. The molecule has 15 heavy (non-hydrogen) atoms. The maximum absolute atomic E-state index is 9.07. The number of ether oxygens (including phenoxy) is 1. The molecule has 0 aliphatic heterocycles. The molecule has 1 aromatic rings. The van der Waals surface area contributed by atoms with E-state index in [0.717, 1.165) is 28.8 Å². The molecule has 0 saturated heterocycles. The standard InChI is InChI=1S/C12H17BrO2/c1-9(2)5-6-15-11-3-4-12(13)10(7-11)8-14/h3-4,7,9,14H,5-6,8H2,1-2H3. The zero-order valence-electron chi connectivity index (χ0n) is 9.16. The molecule has 0 heterocycles. The van der Waals surface area contributed by atoms with Gasteiger partial charge in [-0.15, -0.1) is 0 Å². The molecule has 1 rings (SSSR count). The van der Waals surface area contributed by atoms with Gasteiger partial charge in [0.1, 0.15) is 5.75 Å². The second kappa shape index (κ2) is 6.13. The minimum atomic E-state index is 0.0297. The van der Waals surface area contributed by atoms with Gasteiger partial charge in [-0.1, -0.05) is 29.8 Å². The van der Waals surface area contributed by atoms with Crippen molar-refractivity contribution in [2.24, 2.45) is 5.92 Å². The summed E-state index contributed by atoms with van der Waals surface area (Å²) in [6.07, 6.45) is 1.05. The summed E-state index contributed by atoms with van der Waals surface area (Å²) in [5, 5.41) is 9.07. The third kappa shape index (κ3) is 4.22. The van der Waals surface area contributed by atoms with E-state index in [2.05, 4.69) is 29.8 Å². The lowest BCUT2D eigenvalue weighted by atomic mass is 10.1. The van der Waals surface area contributed by atoms with Gasteiger partial charge in [0.25, 0.3) is 0 Å². The first-order valence-electron chi connectivity index (χ1n) is 5.15. The number of aliphatic hydroxyl groups excluding tert-OH is 1. The third-order valence-electron chi connectivity index (χ3n) is 2.15. The van der Waals surface area contributed by atoms with Gasteiger partial charge in [-0.2, -0.15) is 0 Å². The zero-order chi connectivity index (χ0) is 11.3. The predicted molar refractivity (Wildman–Crippen MR) is 65.0 cm³/mol. The smallest absolute Gasteiger partial charge is 0.119 e. The molecule has 0 saturated carbocycles. The molecule has 1 aromatic carbocycles. The van der Waals surface area contributed by atoms with Crippen LogP contribution in [0.3, 0.4) is 0 Å². The largest absolute Gasteiger partial charge is 0.494 e. The third-order valence-corrected chi connectivity index (χ3v) is 2.93. The fraction of sp³-hybridized carbons (Fsp3) is 0.500. The van der Waals surface area contributed by atoms with Gasteiger partial charge in [-0.05, 0) is 36.1 Å². The van der Waals surface area contributed by atoms with E-state index < -0.39 is 0 Å². The van der Waals surface area contributed by atoms with Crippen LogP contribution in [0.1, 0.15) is 25.8 Å². The van der Waals surface area contributed by atoms with Crippen LogP contribution in [-0.4, -0.2) is 11.7 Å². The van der Waals surface area contributed by atoms with Crippen LogP contribution in [0.4, 0.5) is 0 Å². The summed E-state index contributed by atoms with van der Waals surface area (Å²) in [5.41, 5.74) is 0.858. The molecule has 0 atom stereocenters. The molecular weight excluding hydrogens is 256 g/mol. The highest BCUT2D eigenvalue weighted by atomic mass is 79.9. The van der Waals surface area contributed by atoms with E-state index in [9.17, 15) is 0 Å². The molecule has 0 aromatic heterocycles. The monoisotopic (exact) mass is 272 g/mol. The second-order valence-corrected chi connectivity index (χ2v) is 4.80. The van der Waals surface area contributed by atoms with Crippen molar-refractivity contribution in [3.63, 3.8) is 0 Å². The molecule has 84 valence electrons. The van der Waals surface area contributed by atoms with E-state index in [1.807, 2.05) is 18.2 Å². The number of hydrogen-bond acceptors (Lipinski definition) is 2. The van der Waals surface area contributed by atoms with Crippen LogP contribution in [0, 0.1) is 5.92 Å². The average molecular weight is 273 g/mol. The number of halogens is 1. The molecule has 0 bridgehead atoms. The van der Waals surface area contributed by atoms with Gasteiger partial charge in [0.15, 0.2) is 0 Å². The van der Waals surface area contributed by atoms with Crippen LogP contribution in [0.15, 0.2) is 22.7 Å². The summed E-state index contributed by atoms with van der Waals surface area (Å²) >= 11 is 3.37. The minimum absolute atomic E-state index is 0.0297. The summed E-state index contributed by atoms with van der Waals surface area (Å²) < 4.78 is 6.50. The van der Waals surface area contributed by atoms with Crippen molar-refractivity contribution in [1.29, 1.82) is 0 Å². The maximum atomic E-state index is 9.07. The molecule has 0 radical (unpaired) electrons. The van der Waals surface area contributed by atoms with Crippen molar-refractivity contribution in [3.8, 4) is 5.75 Å². The molecule has 0 amide bonds. The van der Waals surface area contributed by atoms with Crippen molar-refractivity contribution in [1.82, 2.24) is 0 Å². The van der Waals surface area contributed by atoms with Crippen LogP contribution in [-0.2, 0) is 6.61 Å². The zero-order valence-corrected chi connectivity index (χ0v) is 10.8. The summed E-state index contributed by atoms with van der Waals surface area (Å²) in [7, 11) is 0. The number of benzene rings is 1. The summed E-state index contributed by atoms with van der Waals surface area (Å²) in [6.45, 7) is 5.10. The van der Waals surface area contributed by atoms with Gasteiger partial charge in [0.2, 0.25) is 0 Å². The molecule has 3 heteroatoms. The topological polar surface area (TPSA) is 29.5 Å². The van der Waals surface area contributed by atoms with Crippen molar-refractivity contribution in [2.75, 3.05) is 6.61 Å². The molecule has 0 aliphatic rings.